The summed E-state index contributed by atoms with van der Waals surface area (Å²) in [5.74, 6) is 0.450. The molecular weight excluding hydrogens is 183 g/mol. The van der Waals surface area contributed by atoms with Gasteiger partial charge in [0, 0.05) is 25.9 Å². The molecule has 1 aromatic rings. The number of aromatic nitrogens is 3. The maximum atomic E-state index is 14.5. The molecule has 1 N–H and O–H groups in total. The highest BCUT2D eigenvalue weighted by Crippen LogP contribution is 2.35. The van der Waals surface area contributed by atoms with E-state index >= 15 is 0 Å². The van der Waals surface area contributed by atoms with Crippen LogP contribution in [0.25, 0.3) is 0 Å². The molecule has 0 radical (unpaired) electrons. The second-order valence-electron chi connectivity index (χ2n) is 4.04. The number of aryl methyl sites for hydroxylation is 1. The molecule has 0 unspecified atom stereocenters. The SMILES string of the molecule is C[C@@H]1C[C@](F)(c2nncn2C)CCN1. The summed E-state index contributed by atoms with van der Waals surface area (Å²) in [7, 11) is 1.78. The summed E-state index contributed by atoms with van der Waals surface area (Å²) < 4.78 is 16.2. The summed E-state index contributed by atoms with van der Waals surface area (Å²) in [5, 5.41) is 10.8. The van der Waals surface area contributed by atoms with Crippen LogP contribution in [-0.2, 0) is 12.7 Å². The molecule has 2 heterocycles. The van der Waals surface area contributed by atoms with E-state index in [1.54, 1.807) is 17.9 Å². The van der Waals surface area contributed by atoms with Crippen LogP contribution >= 0.6 is 0 Å². The molecule has 1 aliphatic rings. The second-order valence-corrected chi connectivity index (χ2v) is 4.04. The first kappa shape index (κ1) is 9.58. The summed E-state index contributed by atoms with van der Waals surface area (Å²) in [4.78, 5) is 0. The molecule has 5 heteroatoms. The normalized spacial score (nSPS) is 33.2. The summed E-state index contributed by atoms with van der Waals surface area (Å²) in [5.41, 5.74) is -1.31. The number of hydrogen-bond acceptors (Lipinski definition) is 3. The van der Waals surface area contributed by atoms with E-state index in [2.05, 4.69) is 15.5 Å². The third-order valence-electron chi connectivity index (χ3n) is 2.76. The summed E-state index contributed by atoms with van der Waals surface area (Å²) in [6.07, 6.45) is 2.49. The van der Waals surface area contributed by atoms with Crippen LogP contribution in [0, 0.1) is 0 Å². The third kappa shape index (κ3) is 1.52. The van der Waals surface area contributed by atoms with Gasteiger partial charge in [0.1, 0.15) is 6.33 Å². The van der Waals surface area contributed by atoms with E-state index in [1.165, 1.54) is 0 Å². The molecule has 1 aromatic heterocycles. The molecule has 14 heavy (non-hydrogen) atoms. The second kappa shape index (κ2) is 3.31. The fourth-order valence-electron chi connectivity index (χ4n) is 2.07. The van der Waals surface area contributed by atoms with Gasteiger partial charge in [-0.05, 0) is 13.5 Å². The Balaban J connectivity index is 2.27. The molecular formula is C9H15FN4. The quantitative estimate of drug-likeness (QED) is 0.724. The predicted molar refractivity (Wildman–Crippen MR) is 50.5 cm³/mol. The van der Waals surface area contributed by atoms with Crippen LogP contribution < -0.4 is 5.32 Å². The average molecular weight is 198 g/mol. The van der Waals surface area contributed by atoms with E-state index in [4.69, 9.17) is 0 Å². The number of hydrogen-bond donors (Lipinski definition) is 1. The zero-order valence-electron chi connectivity index (χ0n) is 8.50. The van der Waals surface area contributed by atoms with E-state index in [1.807, 2.05) is 6.92 Å². The lowest BCUT2D eigenvalue weighted by molar-refractivity contribution is 0.0812. The molecule has 2 atom stereocenters. The van der Waals surface area contributed by atoms with Crippen molar-refractivity contribution in [3.8, 4) is 0 Å². The third-order valence-corrected chi connectivity index (χ3v) is 2.76. The number of nitrogens with zero attached hydrogens (tertiary/aromatic N) is 3. The highest BCUT2D eigenvalue weighted by molar-refractivity contribution is 5.05. The van der Waals surface area contributed by atoms with E-state index < -0.39 is 5.67 Å². The van der Waals surface area contributed by atoms with Crippen LogP contribution in [0.2, 0.25) is 0 Å². The van der Waals surface area contributed by atoms with E-state index in [9.17, 15) is 4.39 Å². The Bertz CT molecular complexity index is 324. The molecule has 1 aliphatic heterocycles. The summed E-state index contributed by atoms with van der Waals surface area (Å²) in [6, 6.07) is 0.199. The minimum Gasteiger partial charge on any atom is -0.318 e. The molecule has 78 valence electrons. The number of halogens is 1. The van der Waals surface area contributed by atoms with Crippen LogP contribution in [0.1, 0.15) is 25.6 Å². The number of rotatable bonds is 1. The van der Waals surface area contributed by atoms with Gasteiger partial charge in [0.15, 0.2) is 11.5 Å². The van der Waals surface area contributed by atoms with E-state index in [-0.39, 0.29) is 6.04 Å². The van der Waals surface area contributed by atoms with Gasteiger partial charge in [0.25, 0.3) is 0 Å². The van der Waals surface area contributed by atoms with Crippen LogP contribution in [-0.4, -0.2) is 27.4 Å². The molecule has 4 nitrogen and oxygen atoms in total. The smallest absolute Gasteiger partial charge is 0.173 e. The lowest BCUT2D eigenvalue weighted by Crippen LogP contribution is -2.43. The van der Waals surface area contributed by atoms with Crippen molar-refractivity contribution in [2.24, 2.45) is 7.05 Å². The van der Waals surface area contributed by atoms with Gasteiger partial charge in [0.2, 0.25) is 0 Å². The van der Waals surface area contributed by atoms with Gasteiger partial charge in [-0.25, -0.2) is 4.39 Å². The molecule has 0 amide bonds. The Morgan fingerprint density at radius 2 is 2.50 bits per heavy atom. The molecule has 0 aromatic carbocycles. The first-order chi connectivity index (χ1) is 6.62. The molecule has 1 fully saturated rings. The van der Waals surface area contributed by atoms with Crippen molar-refractivity contribution in [3.05, 3.63) is 12.2 Å². The maximum Gasteiger partial charge on any atom is 0.173 e. The standard InChI is InChI=1S/C9H15FN4/c1-7-5-9(10,3-4-11-7)8-13-12-6-14(8)2/h6-7,11H,3-5H2,1-2H3/t7-,9+/m1/s1. The van der Waals surface area contributed by atoms with Crippen LogP contribution in [0.4, 0.5) is 4.39 Å². The Kier molecular flexibility index (Phi) is 2.26. The topological polar surface area (TPSA) is 42.7 Å². The Hall–Kier alpha value is -0.970. The Labute approximate surface area is 82.5 Å². The lowest BCUT2D eigenvalue weighted by atomic mass is 9.89. The maximum absolute atomic E-state index is 14.5. The van der Waals surface area contributed by atoms with Crippen molar-refractivity contribution >= 4 is 0 Å². The van der Waals surface area contributed by atoms with Gasteiger partial charge in [-0.1, -0.05) is 0 Å². The van der Waals surface area contributed by atoms with Crippen LogP contribution in [0.15, 0.2) is 6.33 Å². The van der Waals surface area contributed by atoms with Crippen molar-refractivity contribution < 1.29 is 4.39 Å². The zero-order valence-corrected chi connectivity index (χ0v) is 8.50. The first-order valence-corrected chi connectivity index (χ1v) is 4.88. The summed E-state index contributed by atoms with van der Waals surface area (Å²) in [6.45, 7) is 2.69. The number of alkyl halides is 1. The number of piperidine rings is 1. The van der Waals surface area contributed by atoms with E-state index in [0.29, 0.717) is 25.2 Å². The van der Waals surface area contributed by atoms with Gasteiger partial charge in [0.05, 0.1) is 0 Å². The fraction of sp³-hybridized carbons (Fsp3) is 0.778. The summed E-state index contributed by atoms with van der Waals surface area (Å²) >= 11 is 0. The van der Waals surface area contributed by atoms with E-state index in [0.717, 1.165) is 0 Å². The average Bonchev–Trinajstić information content (AvgIpc) is 2.51. The minimum absolute atomic E-state index is 0.199. The molecule has 0 bridgehead atoms. The fourth-order valence-corrected chi connectivity index (χ4v) is 2.07. The largest absolute Gasteiger partial charge is 0.318 e. The molecule has 1 saturated heterocycles. The van der Waals surface area contributed by atoms with Crippen molar-refractivity contribution in [2.75, 3.05) is 6.54 Å². The predicted octanol–water partition coefficient (Wildman–Crippen LogP) is 0.752. The Morgan fingerprint density at radius 1 is 1.71 bits per heavy atom. The molecule has 0 aliphatic carbocycles. The highest BCUT2D eigenvalue weighted by atomic mass is 19.1. The van der Waals surface area contributed by atoms with Gasteiger partial charge in [-0.3, -0.25) is 0 Å². The van der Waals surface area contributed by atoms with Crippen molar-refractivity contribution in [3.63, 3.8) is 0 Å². The molecule has 2 rings (SSSR count). The monoisotopic (exact) mass is 198 g/mol. The minimum atomic E-state index is -1.31. The first-order valence-electron chi connectivity index (χ1n) is 4.88. The van der Waals surface area contributed by atoms with Crippen molar-refractivity contribution in [1.29, 1.82) is 0 Å². The molecule has 0 spiro atoms. The highest BCUT2D eigenvalue weighted by Gasteiger charge is 2.40. The van der Waals surface area contributed by atoms with Crippen LogP contribution in [0.3, 0.4) is 0 Å². The van der Waals surface area contributed by atoms with Gasteiger partial charge >= 0.3 is 0 Å². The van der Waals surface area contributed by atoms with Crippen LogP contribution in [0.5, 0.6) is 0 Å². The molecule has 0 saturated carbocycles. The van der Waals surface area contributed by atoms with Gasteiger partial charge in [-0.2, -0.15) is 0 Å². The van der Waals surface area contributed by atoms with Gasteiger partial charge in [-0.15, -0.1) is 10.2 Å². The number of nitrogens with one attached hydrogen (secondary N) is 1. The zero-order chi connectivity index (χ0) is 10.2. The van der Waals surface area contributed by atoms with Crippen molar-refractivity contribution in [2.45, 2.75) is 31.5 Å². The lowest BCUT2D eigenvalue weighted by Gasteiger charge is -2.32. The van der Waals surface area contributed by atoms with Gasteiger partial charge < -0.3 is 9.88 Å². The van der Waals surface area contributed by atoms with Crippen molar-refractivity contribution in [1.82, 2.24) is 20.1 Å². The Morgan fingerprint density at radius 3 is 3.07 bits per heavy atom.